The van der Waals surface area contributed by atoms with Crippen LogP contribution in [0.25, 0.3) is 0 Å². The van der Waals surface area contributed by atoms with Crippen molar-refractivity contribution in [3.05, 3.63) is 29.3 Å². The van der Waals surface area contributed by atoms with Gasteiger partial charge in [-0.25, -0.2) is 8.42 Å². The summed E-state index contributed by atoms with van der Waals surface area (Å²) < 4.78 is 25.6. The predicted molar refractivity (Wildman–Crippen MR) is 76.6 cm³/mol. The third-order valence-corrected chi connectivity index (χ3v) is 4.95. The number of anilines is 1. The summed E-state index contributed by atoms with van der Waals surface area (Å²) in [5, 5.41) is 2.95. The van der Waals surface area contributed by atoms with Gasteiger partial charge in [0.25, 0.3) is 0 Å². The molecule has 4 nitrogen and oxygen atoms in total. The van der Waals surface area contributed by atoms with Gasteiger partial charge in [0.05, 0.1) is 11.4 Å². The number of sulfonamides is 1. The molecule has 18 heavy (non-hydrogen) atoms. The van der Waals surface area contributed by atoms with Crippen LogP contribution in [0.5, 0.6) is 0 Å². The summed E-state index contributed by atoms with van der Waals surface area (Å²) >= 11 is 0. The van der Waals surface area contributed by atoms with Crippen LogP contribution in [-0.2, 0) is 10.0 Å². The van der Waals surface area contributed by atoms with Gasteiger partial charge in [-0.2, -0.15) is 0 Å². The number of hydrogen-bond donors (Lipinski definition) is 1. The monoisotopic (exact) mass is 270 g/mol. The van der Waals surface area contributed by atoms with Gasteiger partial charge in [0, 0.05) is 7.05 Å². The quantitative estimate of drug-likeness (QED) is 0.800. The Morgan fingerprint density at radius 1 is 1.22 bits per heavy atom. The van der Waals surface area contributed by atoms with Crippen LogP contribution in [0.2, 0.25) is 0 Å². The van der Waals surface area contributed by atoms with E-state index in [1.165, 1.54) is 9.87 Å². The molecule has 0 amide bonds. The molecule has 1 rings (SSSR count). The molecule has 0 aliphatic carbocycles. The van der Waals surface area contributed by atoms with Gasteiger partial charge in [0.15, 0.2) is 0 Å². The van der Waals surface area contributed by atoms with E-state index in [1.54, 1.807) is 7.05 Å². The Labute approximate surface area is 110 Å². The maximum absolute atomic E-state index is 12.1. The number of nitrogens with one attached hydrogen (secondary N) is 1. The first-order chi connectivity index (χ1) is 8.38. The molecule has 1 aromatic carbocycles. The molecular formula is C13H22N2O2S. The lowest BCUT2D eigenvalue weighted by Gasteiger charge is -2.20. The molecule has 1 aromatic rings. The van der Waals surface area contributed by atoms with Crippen LogP contribution in [-0.4, -0.2) is 34.8 Å². The summed E-state index contributed by atoms with van der Waals surface area (Å²) in [5.41, 5.74) is 2.99. The second kappa shape index (κ2) is 6.20. The molecule has 0 radical (unpaired) electrons. The Kier molecular flexibility index (Phi) is 5.16. The van der Waals surface area contributed by atoms with Crippen molar-refractivity contribution in [2.24, 2.45) is 0 Å². The highest BCUT2D eigenvalue weighted by Gasteiger charge is 2.17. The highest BCUT2D eigenvalue weighted by molar-refractivity contribution is 7.92. The molecule has 5 heteroatoms. The molecule has 0 aliphatic heterocycles. The van der Waals surface area contributed by atoms with E-state index in [1.807, 2.05) is 39.1 Å². The Morgan fingerprint density at radius 2 is 1.89 bits per heavy atom. The third-order valence-electron chi connectivity index (χ3n) is 3.10. The van der Waals surface area contributed by atoms with E-state index in [9.17, 15) is 8.42 Å². The van der Waals surface area contributed by atoms with E-state index in [-0.39, 0.29) is 5.75 Å². The SMILES string of the molecule is CNCCCS(=O)(=O)N(C)c1ccc(C)c(C)c1. The zero-order chi connectivity index (χ0) is 13.8. The summed E-state index contributed by atoms with van der Waals surface area (Å²) in [6.07, 6.45) is 0.619. The van der Waals surface area contributed by atoms with Gasteiger partial charge in [0.2, 0.25) is 10.0 Å². The van der Waals surface area contributed by atoms with Crippen LogP contribution in [0.3, 0.4) is 0 Å². The Balaban J connectivity index is 2.85. The summed E-state index contributed by atoms with van der Waals surface area (Å²) in [7, 11) is 0.207. The van der Waals surface area contributed by atoms with E-state index in [0.29, 0.717) is 13.0 Å². The molecule has 0 saturated heterocycles. The fourth-order valence-corrected chi connectivity index (χ4v) is 2.87. The van der Waals surface area contributed by atoms with Crippen molar-refractivity contribution in [2.75, 3.05) is 30.7 Å². The predicted octanol–water partition coefficient (Wildman–Crippen LogP) is 1.68. The van der Waals surface area contributed by atoms with Crippen LogP contribution in [0, 0.1) is 13.8 Å². The fraction of sp³-hybridized carbons (Fsp3) is 0.538. The van der Waals surface area contributed by atoms with E-state index < -0.39 is 10.0 Å². The fourth-order valence-electron chi connectivity index (χ4n) is 1.65. The van der Waals surface area contributed by atoms with Gasteiger partial charge in [-0.3, -0.25) is 4.31 Å². The normalized spacial score (nSPS) is 11.6. The van der Waals surface area contributed by atoms with Crippen LogP contribution in [0.4, 0.5) is 5.69 Å². The lowest BCUT2D eigenvalue weighted by molar-refractivity contribution is 0.590. The van der Waals surface area contributed by atoms with Crippen molar-refractivity contribution < 1.29 is 8.42 Å². The van der Waals surface area contributed by atoms with Crippen LogP contribution < -0.4 is 9.62 Å². The summed E-state index contributed by atoms with van der Waals surface area (Å²) in [4.78, 5) is 0. The first-order valence-corrected chi connectivity index (χ1v) is 7.68. The van der Waals surface area contributed by atoms with E-state index in [2.05, 4.69) is 5.32 Å². The average Bonchev–Trinajstić information content (AvgIpc) is 2.32. The zero-order valence-electron chi connectivity index (χ0n) is 11.5. The smallest absolute Gasteiger partial charge is 0.234 e. The van der Waals surface area contributed by atoms with Crippen LogP contribution >= 0.6 is 0 Å². The zero-order valence-corrected chi connectivity index (χ0v) is 12.3. The first-order valence-electron chi connectivity index (χ1n) is 6.07. The second-order valence-corrected chi connectivity index (χ2v) is 6.63. The highest BCUT2D eigenvalue weighted by Crippen LogP contribution is 2.20. The minimum atomic E-state index is -3.22. The Bertz CT molecular complexity index is 498. The van der Waals surface area contributed by atoms with Crippen molar-refractivity contribution in [1.82, 2.24) is 5.32 Å². The minimum Gasteiger partial charge on any atom is -0.320 e. The molecule has 0 bridgehead atoms. The summed E-state index contributed by atoms with van der Waals surface area (Å²) in [5.74, 6) is 0.164. The molecule has 0 spiro atoms. The molecule has 0 heterocycles. The standard InChI is InChI=1S/C13H22N2O2S/c1-11-6-7-13(10-12(11)2)15(4)18(16,17)9-5-8-14-3/h6-7,10,14H,5,8-9H2,1-4H3. The van der Waals surface area contributed by atoms with Crippen LogP contribution in [0.15, 0.2) is 18.2 Å². The van der Waals surface area contributed by atoms with Crippen molar-refractivity contribution >= 4 is 15.7 Å². The largest absolute Gasteiger partial charge is 0.320 e. The number of benzene rings is 1. The third kappa shape index (κ3) is 3.71. The number of hydrogen-bond acceptors (Lipinski definition) is 3. The van der Waals surface area contributed by atoms with Gasteiger partial charge in [0.1, 0.15) is 0 Å². The average molecular weight is 270 g/mol. The maximum atomic E-state index is 12.1. The van der Waals surface area contributed by atoms with Gasteiger partial charge >= 0.3 is 0 Å². The molecule has 102 valence electrons. The number of aryl methyl sites for hydroxylation is 2. The van der Waals surface area contributed by atoms with Crippen LogP contribution in [0.1, 0.15) is 17.5 Å². The van der Waals surface area contributed by atoms with Crippen molar-refractivity contribution in [2.45, 2.75) is 20.3 Å². The molecule has 0 fully saturated rings. The van der Waals surface area contributed by atoms with Crippen molar-refractivity contribution in [3.8, 4) is 0 Å². The molecular weight excluding hydrogens is 248 g/mol. The number of rotatable bonds is 6. The van der Waals surface area contributed by atoms with Gasteiger partial charge in [-0.1, -0.05) is 6.07 Å². The lowest BCUT2D eigenvalue weighted by atomic mass is 10.1. The van der Waals surface area contributed by atoms with Gasteiger partial charge in [-0.15, -0.1) is 0 Å². The van der Waals surface area contributed by atoms with E-state index in [0.717, 1.165) is 11.3 Å². The minimum absolute atomic E-state index is 0.164. The van der Waals surface area contributed by atoms with Gasteiger partial charge in [-0.05, 0) is 57.1 Å². The molecule has 0 saturated carbocycles. The molecule has 0 atom stereocenters. The first kappa shape index (κ1) is 15.0. The number of nitrogens with zero attached hydrogens (tertiary/aromatic N) is 1. The molecule has 1 N–H and O–H groups in total. The van der Waals surface area contributed by atoms with E-state index in [4.69, 9.17) is 0 Å². The molecule has 0 aromatic heterocycles. The Morgan fingerprint density at radius 3 is 2.44 bits per heavy atom. The highest BCUT2D eigenvalue weighted by atomic mass is 32.2. The van der Waals surface area contributed by atoms with E-state index >= 15 is 0 Å². The van der Waals surface area contributed by atoms with Crippen molar-refractivity contribution in [3.63, 3.8) is 0 Å². The topological polar surface area (TPSA) is 49.4 Å². The summed E-state index contributed by atoms with van der Waals surface area (Å²) in [6.45, 7) is 4.71. The second-order valence-electron chi connectivity index (χ2n) is 4.51. The van der Waals surface area contributed by atoms with Crippen molar-refractivity contribution in [1.29, 1.82) is 0 Å². The lowest BCUT2D eigenvalue weighted by Crippen LogP contribution is -2.30. The molecule has 0 aliphatic rings. The Hall–Kier alpha value is -1.07. The molecule has 0 unspecified atom stereocenters. The van der Waals surface area contributed by atoms with Gasteiger partial charge < -0.3 is 5.32 Å². The summed E-state index contributed by atoms with van der Waals surface area (Å²) in [6, 6.07) is 5.70. The maximum Gasteiger partial charge on any atom is 0.234 e.